The summed E-state index contributed by atoms with van der Waals surface area (Å²) in [6.45, 7) is 0.850. The molecule has 0 aromatic heterocycles. The van der Waals surface area contributed by atoms with Gasteiger partial charge in [0.2, 0.25) is 5.91 Å². The molecule has 0 aliphatic carbocycles. The van der Waals surface area contributed by atoms with Crippen molar-refractivity contribution in [2.45, 2.75) is 12.8 Å². The van der Waals surface area contributed by atoms with Crippen molar-refractivity contribution < 1.29 is 13.9 Å². The second-order valence-electron chi connectivity index (χ2n) is 4.87. The lowest BCUT2D eigenvalue weighted by molar-refractivity contribution is -0.128. The number of nitrogens with two attached hydrogens (primary N) is 1. The summed E-state index contributed by atoms with van der Waals surface area (Å²) in [5.41, 5.74) is 5.07. The van der Waals surface area contributed by atoms with Crippen LogP contribution < -0.4 is 10.6 Å². The van der Waals surface area contributed by atoms with E-state index in [9.17, 15) is 9.18 Å². The van der Waals surface area contributed by atoms with Crippen LogP contribution >= 0.6 is 12.2 Å². The van der Waals surface area contributed by atoms with E-state index in [1.165, 1.54) is 18.0 Å². The molecule has 0 bridgehead atoms. The van der Waals surface area contributed by atoms with Crippen LogP contribution in [0.25, 0.3) is 0 Å². The molecule has 2 N–H and O–H groups in total. The van der Waals surface area contributed by atoms with Crippen molar-refractivity contribution in [1.29, 1.82) is 0 Å². The number of ether oxygens (including phenoxy) is 1. The Hall–Kier alpha value is -1.53. The third kappa shape index (κ3) is 2.53. The van der Waals surface area contributed by atoms with Crippen LogP contribution in [0.5, 0.6) is 0 Å². The quantitative estimate of drug-likeness (QED) is 0.865. The highest BCUT2D eigenvalue weighted by atomic mass is 32.1. The van der Waals surface area contributed by atoms with Crippen molar-refractivity contribution in [2.24, 2.45) is 11.1 Å². The zero-order valence-corrected chi connectivity index (χ0v) is 12.1. The summed E-state index contributed by atoms with van der Waals surface area (Å²) in [6.07, 6.45) is 0.861. The Balaban J connectivity index is 2.33. The first-order valence-corrected chi connectivity index (χ1v) is 6.80. The summed E-state index contributed by atoms with van der Waals surface area (Å²) in [7, 11) is 1.54. The number of hydrogen-bond donors (Lipinski definition) is 1. The topological polar surface area (TPSA) is 55.6 Å². The van der Waals surface area contributed by atoms with Crippen LogP contribution in [0.4, 0.5) is 10.1 Å². The molecule has 0 atom stereocenters. The van der Waals surface area contributed by atoms with Gasteiger partial charge in [-0.3, -0.25) is 4.79 Å². The molecule has 0 unspecified atom stereocenters. The fourth-order valence-electron chi connectivity index (χ4n) is 2.44. The van der Waals surface area contributed by atoms with Gasteiger partial charge < -0.3 is 15.4 Å². The van der Waals surface area contributed by atoms with E-state index in [1.807, 2.05) is 0 Å². The van der Waals surface area contributed by atoms with Gasteiger partial charge in [-0.25, -0.2) is 4.39 Å². The number of benzene rings is 1. The van der Waals surface area contributed by atoms with Crippen molar-refractivity contribution in [1.82, 2.24) is 0 Å². The van der Waals surface area contributed by atoms with Gasteiger partial charge in [-0.15, -0.1) is 0 Å². The van der Waals surface area contributed by atoms with Gasteiger partial charge in [0, 0.05) is 20.3 Å². The summed E-state index contributed by atoms with van der Waals surface area (Å²) >= 11 is 5.09. The van der Waals surface area contributed by atoms with Crippen LogP contribution in [0, 0.1) is 11.2 Å². The van der Waals surface area contributed by atoms with Gasteiger partial charge in [0.05, 0.1) is 10.7 Å². The zero-order chi connectivity index (χ0) is 14.8. The zero-order valence-electron chi connectivity index (χ0n) is 11.3. The second kappa shape index (κ2) is 5.85. The molecule has 1 aliphatic rings. The SMILES string of the molecule is CN(C(=O)C1(C(N)=S)CCOCC1)c1ccccc1F. The number of carbonyl (C=O) groups is 1. The Bertz CT molecular complexity index is 530. The van der Waals surface area contributed by atoms with Crippen LogP contribution in [0.1, 0.15) is 12.8 Å². The number of halogens is 1. The Morgan fingerprint density at radius 3 is 2.55 bits per heavy atom. The van der Waals surface area contributed by atoms with Crippen molar-refractivity contribution in [3.8, 4) is 0 Å². The van der Waals surface area contributed by atoms with Crippen molar-refractivity contribution in [2.75, 3.05) is 25.2 Å². The fourth-order valence-corrected chi connectivity index (χ4v) is 2.73. The summed E-state index contributed by atoms with van der Waals surface area (Å²) in [5, 5.41) is 0. The lowest BCUT2D eigenvalue weighted by atomic mass is 9.78. The molecule has 0 radical (unpaired) electrons. The predicted octanol–water partition coefficient (Wildman–Crippen LogP) is 1.87. The smallest absolute Gasteiger partial charge is 0.240 e. The van der Waals surface area contributed by atoms with E-state index in [4.69, 9.17) is 22.7 Å². The van der Waals surface area contributed by atoms with Crippen LogP contribution in [-0.2, 0) is 9.53 Å². The normalized spacial score (nSPS) is 17.5. The van der Waals surface area contributed by atoms with Gasteiger partial charge in [0.25, 0.3) is 0 Å². The number of hydrogen-bond acceptors (Lipinski definition) is 3. The molecule has 0 spiro atoms. The third-order valence-corrected chi connectivity index (χ3v) is 4.14. The van der Waals surface area contributed by atoms with E-state index in [0.717, 1.165) is 0 Å². The van der Waals surface area contributed by atoms with Gasteiger partial charge in [0.1, 0.15) is 11.2 Å². The maximum absolute atomic E-state index is 13.8. The Morgan fingerprint density at radius 2 is 2.00 bits per heavy atom. The lowest BCUT2D eigenvalue weighted by Gasteiger charge is -2.37. The highest BCUT2D eigenvalue weighted by Gasteiger charge is 2.45. The first kappa shape index (κ1) is 14.9. The van der Waals surface area contributed by atoms with Crippen LogP contribution in [-0.4, -0.2) is 31.2 Å². The number of nitrogens with zero attached hydrogens (tertiary/aromatic N) is 1. The molecule has 1 aliphatic heterocycles. The second-order valence-corrected chi connectivity index (χ2v) is 5.31. The molecule has 1 amide bonds. The Kier molecular flexibility index (Phi) is 4.35. The molecule has 108 valence electrons. The van der Waals surface area contributed by atoms with Crippen LogP contribution in [0.2, 0.25) is 0 Å². The van der Waals surface area contributed by atoms with E-state index >= 15 is 0 Å². The van der Waals surface area contributed by atoms with E-state index in [1.54, 1.807) is 18.2 Å². The number of anilines is 1. The molecule has 1 aromatic carbocycles. The average molecular weight is 296 g/mol. The number of thiocarbonyl (C=S) groups is 1. The minimum Gasteiger partial charge on any atom is -0.392 e. The monoisotopic (exact) mass is 296 g/mol. The largest absolute Gasteiger partial charge is 0.392 e. The molecular formula is C14H17FN2O2S. The first-order chi connectivity index (χ1) is 9.49. The summed E-state index contributed by atoms with van der Waals surface area (Å²) in [4.78, 5) is 14.2. The highest BCUT2D eigenvalue weighted by Crippen LogP contribution is 2.34. The highest BCUT2D eigenvalue weighted by molar-refractivity contribution is 7.80. The Labute approximate surface area is 122 Å². The van der Waals surface area contributed by atoms with Gasteiger partial charge in [-0.2, -0.15) is 0 Å². The maximum Gasteiger partial charge on any atom is 0.240 e. The van der Waals surface area contributed by atoms with E-state index in [0.29, 0.717) is 26.1 Å². The van der Waals surface area contributed by atoms with Crippen molar-refractivity contribution >= 4 is 28.8 Å². The van der Waals surface area contributed by atoms with Crippen molar-refractivity contribution in [3.63, 3.8) is 0 Å². The van der Waals surface area contributed by atoms with Gasteiger partial charge >= 0.3 is 0 Å². The summed E-state index contributed by atoms with van der Waals surface area (Å²) in [6, 6.07) is 6.13. The molecule has 4 nitrogen and oxygen atoms in total. The number of para-hydroxylation sites is 1. The van der Waals surface area contributed by atoms with Crippen LogP contribution in [0.15, 0.2) is 24.3 Å². The van der Waals surface area contributed by atoms with Crippen LogP contribution in [0.3, 0.4) is 0 Å². The minimum atomic E-state index is -0.940. The van der Waals surface area contributed by atoms with E-state index in [2.05, 4.69) is 0 Å². The van der Waals surface area contributed by atoms with Crippen molar-refractivity contribution in [3.05, 3.63) is 30.1 Å². The molecule has 6 heteroatoms. The molecule has 20 heavy (non-hydrogen) atoms. The van der Waals surface area contributed by atoms with E-state index in [-0.39, 0.29) is 16.6 Å². The molecule has 2 rings (SSSR count). The number of amides is 1. The molecule has 0 saturated carbocycles. The third-order valence-electron chi connectivity index (χ3n) is 3.75. The average Bonchev–Trinajstić information content (AvgIpc) is 2.47. The minimum absolute atomic E-state index is 0.147. The predicted molar refractivity (Wildman–Crippen MR) is 79.1 cm³/mol. The number of rotatable bonds is 3. The molecule has 1 aromatic rings. The standard InChI is InChI=1S/C14H17FN2O2S/c1-17(11-5-3-2-4-10(11)15)13(18)14(12(16)20)6-8-19-9-7-14/h2-5H,6-9H2,1H3,(H2,16,20). The Morgan fingerprint density at radius 1 is 1.40 bits per heavy atom. The van der Waals surface area contributed by atoms with Gasteiger partial charge in [-0.05, 0) is 25.0 Å². The molecule has 1 saturated heterocycles. The van der Waals surface area contributed by atoms with Gasteiger partial charge in [-0.1, -0.05) is 24.4 Å². The molecule has 1 fully saturated rings. The molecular weight excluding hydrogens is 279 g/mol. The fraction of sp³-hybridized carbons (Fsp3) is 0.429. The summed E-state index contributed by atoms with van der Waals surface area (Å²) in [5.74, 6) is -0.730. The van der Waals surface area contributed by atoms with E-state index < -0.39 is 11.2 Å². The lowest BCUT2D eigenvalue weighted by Crippen LogP contribution is -2.52. The molecule has 1 heterocycles. The van der Waals surface area contributed by atoms with Gasteiger partial charge in [0.15, 0.2) is 0 Å². The first-order valence-electron chi connectivity index (χ1n) is 6.39. The maximum atomic E-state index is 13.8. The summed E-state index contributed by atoms with van der Waals surface area (Å²) < 4.78 is 19.1. The number of carbonyl (C=O) groups excluding carboxylic acids is 1.